The molecule has 1 N–H and O–H groups in total. The summed E-state index contributed by atoms with van der Waals surface area (Å²) in [6.07, 6.45) is 5.47. The van der Waals surface area contributed by atoms with Crippen LogP contribution in [-0.2, 0) is 13.5 Å². The van der Waals surface area contributed by atoms with Gasteiger partial charge in [0.15, 0.2) is 5.78 Å². The summed E-state index contributed by atoms with van der Waals surface area (Å²) in [7, 11) is 3.92. The zero-order valence-corrected chi connectivity index (χ0v) is 11.6. The average molecular weight is 236 g/mol. The minimum absolute atomic E-state index is 0.172. The summed E-state index contributed by atoms with van der Waals surface area (Å²) in [6.45, 7) is 5.89. The molecule has 1 aromatic heterocycles. The van der Waals surface area contributed by atoms with Gasteiger partial charge in [0.2, 0.25) is 0 Å². The number of nitrogens with zero attached hydrogens (tertiary/aromatic N) is 1. The van der Waals surface area contributed by atoms with Crippen LogP contribution < -0.4 is 5.32 Å². The first-order valence-electron chi connectivity index (χ1n) is 6.43. The smallest absolute Gasteiger partial charge is 0.176 e. The highest BCUT2D eigenvalue weighted by atomic mass is 16.1. The van der Waals surface area contributed by atoms with Crippen molar-refractivity contribution in [1.29, 1.82) is 0 Å². The van der Waals surface area contributed by atoms with E-state index in [9.17, 15) is 4.79 Å². The molecule has 1 atom stereocenters. The third-order valence-corrected chi connectivity index (χ3v) is 3.06. The summed E-state index contributed by atoms with van der Waals surface area (Å²) in [5.74, 6) is 0.172. The van der Waals surface area contributed by atoms with E-state index in [2.05, 4.69) is 25.4 Å². The lowest BCUT2D eigenvalue weighted by Crippen LogP contribution is -2.12. The van der Waals surface area contributed by atoms with Crippen molar-refractivity contribution in [3.8, 4) is 0 Å². The molecule has 3 heteroatoms. The Hall–Kier alpha value is -1.09. The third-order valence-electron chi connectivity index (χ3n) is 3.06. The van der Waals surface area contributed by atoms with Crippen LogP contribution in [0.2, 0.25) is 0 Å². The summed E-state index contributed by atoms with van der Waals surface area (Å²) in [6, 6.07) is 0.435. The number of rotatable bonds is 2. The fourth-order valence-electron chi connectivity index (χ4n) is 2.47. The van der Waals surface area contributed by atoms with Crippen molar-refractivity contribution in [3.63, 3.8) is 0 Å². The number of aryl methyl sites for hydroxylation is 1. The van der Waals surface area contributed by atoms with Gasteiger partial charge in [-0.05, 0) is 31.0 Å². The predicted molar refractivity (Wildman–Crippen MR) is 71.5 cm³/mol. The first kappa shape index (κ1) is 14.0. The van der Waals surface area contributed by atoms with E-state index in [1.165, 1.54) is 17.5 Å². The van der Waals surface area contributed by atoms with Gasteiger partial charge in [0.1, 0.15) is 0 Å². The maximum atomic E-state index is 11.4. The summed E-state index contributed by atoms with van der Waals surface area (Å²) in [4.78, 5) is 11.4. The molecule has 3 nitrogen and oxygen atoms in total. The van der Waals surface area contributed by atoms with Crippen LogP contribution in [-0.4, -0.2) is 17.4 Å². The van der Waals surface area contributed by atoms with Crippen LogP contribution in [0, 0.1) is 0 Å². The van der Waals surface area contributed by atoms with Crippen LogP contribution in [0.15, 0.2) is 6.20 Å². The second kappa shape index (κ2) is 6.01. The van der Waals surface area contributed by atoms with Gasteiger partial charge in [-0.1, -0.05) is 20.3 Å². The van der Waals surface area contributed by atoms with Crippen molar-refractivity contribution in [3.05, 3.63) is 23.0 Å². The minimum Gasteiger partial charge on any atom is -0.348 e. The Morgan fingerprint density at radius 3 is 2.59 bits per heavy atom. The highest BCUT2D eigenvalue weighted by Crippen LogP contribution is 2.34. The third kappa shape index (κ3) is 2.78. The summed E-state index contributed by atoms with van der Waals surface area (Å²) < 4.78 is 1.95. The van der Waals surface area contributed by atoms with Crippen LogP contribution in [0.4, 0.5) is 0 Å². The second-order valence-electron chi connectivity index (χ2n) is 4.67. The van der Waals surface area contributed by atoms with Crippen molar-refractivity contribution in [1.82, 2.24) is 9.88 Å². The van der Waals surface area contributed by atoms with Crippen molar-refractivity contribution < 1.29 is 4.79 Å². The molecular weight excluding hydrogens is 212 g/mol. The lowest BCUT2D eigenvalue weighted by Gasteiger charge is -2.06. The van der Waals surface area contributed by atoms with Gasteiger partial charge in [0.25, 0.3) is 0 Å². The molecule has 0 fully saturated rings. The molecule has 96 valence electrons. The summed E-state index contributed by atoms with van der Waals surface area (Å²) in [5, 5.41) is 3.27. The monoisotopic (exact) mass is 236 g/mol. The first-order chi connectivity index (χ1) is 8.06. The fraction of sp³-hybridized carbons (Fsp3) is 0.643. The topological polar surface area (TPSA) is 34.0 Å². The van der Waals surface area contributed by atoms with E-state index in [4.69, 9.17) is 0 Å². The van der Waals surface area contributed by atoms with Crippen LogP contribution in [0.5, 0.6) is 0 Å². The Morgan fingerprint density at radius 1 is 1.53 bits per heavy atom. The Labute approximate surface area is 104 Å². The van der Waals surface area contributed by atoms with Crippen LogP contribution >= 0.6 is 0 Å². The van der Waals surface area contributed by atoms with Crippen molar-refractivity contribution in [2.75, 3.05) is 7.05 Å². The maximum absolute atomic E-state index is 11.4. The molecule has 1 unspecified atom stereocenters. The summed E-state index contributed by atoms with van der Waals surface area (Å²) >= 11 is 0. The number of aromatic nitrogens is 1. The molecule has 0 spiro atoms. The van der Waals surface area contributed by atoms with E-state index >= 15 is 0 Å². The van der Waals surface area contributed by atoms with Gasteiger partial charge in [0, 0.05) is 26.2 Å². The summed E-state index contributed by atoms with van der Waals surface area (Å²) in [5.41, 5.74) is 3.44. The molecule has 0 radical (unpaired) electrons. The lowest BCUT2D eigenvalue weighted by molar-refractivity contribution is 0.100. The van der Waals surface area contributed by atoms with Crippen molar-refractivity contribution in [2.45, 2.75) is 46.1 Å². The van der Waals surface area contributed by atoms with E-state index in [1.54, 1.807) is 6.92 Å². The Bertz CT molecular complexity index is 393. The van der Waals surface area contributed by atoms with Gasteiger partial charge in [-0.25, -0.2) is 0 Å². The zero-order chi connectivity index (χ0) is 13.0. The van der Waals surface area contributed by atoms with E-state index in [0.29, 0.717) is 6.04 Å². The highest BCUT2D eigenvalue weighted by molar-refractivity contribution is 5.94. The number of hydrogen-bond donors (Lipinski definition) is 1. The lowest BCUT2D eigenvalue weighted by atomic mass is 10.1. The molecule has 0 aromatic carbocycles. The standard InChI is InChI=1S/C11H16N2O.C3H8/c1-7(14)11-8-4-5-10(12-2)9(8)6-13(11)3;1-3-2/h6,10,12H,4-5H2,1-3H3;3H2,1-2H3. The average Bonchev–Trinajstić information content (AvgIpc) is 2.75. The minimum atomic E-state index is 0.172. The van der Waals surface area contributed by atoms with Crippen molar-refractivity contribution >= 4 is 5.78 Å². The van der Waals surface area contributed by atoms with Crippen molar-refractivity contribution in [2.24, 2.45) is 7.05 Å². The highest BCUT2D eigenvalue weighted by Gasteiger charge is 2.27. The molecular formula is C14H24N2O. The van der Waals surface area contributed by atoms with E-state index < -0.39 is 0 Å². The fourth-order valence-corrected chi connectivity index (χ4v) is 2.47. The number of carbonyl (C=O) groups excluding carboxylic acids is 1. The molecule has 0 amide bonds. The molecule has 0 bridgehead atoms. The van der Waals surface area contributed by atoms with Gasteiger partial charge in [-0.3, -0.25) is 4.79 Å². The number of hydrogen-bond acceptors (Lipinski definition) is 2. The van der Waals surface area contributed by atoms with Gasteiger partial charge in [-0.15, -0.1) is 0 Å². The maximum Gasteiger partial charge on any atom is 0.176 e. The van der Waals surface area contributed by atoms with E-state index in [1.807, 2.05) is 18.7 Å². The first-order valence-corrected chi connectivity index (χ1v) is 6.43. The van der Waals surface area contributed by atoms with Crippen LogP contribution in [0.1, 0.15) is 61.3 Å². The van der Waals surface area contributed by atoms with Crippen LogP contribution in [0.3, 0.4) is 0 Å². The molecule has 1 aliphatic carbocycles. The zero-order valence-electron chi connectivity index (χ0n) is 11.6. The largest absolute Gasteiger partial charge is 0.348 e. The number of Topliss-reactive ketones (excluding diaryl/α,β-unsaturated/α-hetero) is 1. The normalized spacial score (nSPS) is 17.4. The number of carbonyl (C=O) groups is 1. The molecule has 0 saturated heterocycles. The molecule has 17 heavy (non-hydrogen) atoms. The Morgan fingerprint density at radius 2 is 2.12 bits per heavy atom. The molecule has 2 rings (SSSR count). The SMILES string of the molecule is CCC.CNC1CCc2c1cn(C)c2C(C)=O. The molecule has 1 aliphatic rings. The second-order valence-corrected chi connectivity index (χ2v) is 4.67. The Kier molecular flexibility index (Phi) is 4.94. The molecule has 1 heterocycles. The van der Waals surface area contributed by atoms with Gasteiger partial charge < -0.3 is 9.88 Å². The number of nitrogens with one attached hydrogen (secondary N) is 1. The van der Waals surface area contributed by atoms with Gasteiger partial charge in [0.05, 0.1) is 5.69 Å². The van der Waals surface area contributed by atoms with E-state index in [-0.39, 0.29) is 5.78 Å². The van der Waals surface area contributed by atoms with Crippen LogP contribution in [0.25, 0.3) is 0 Å². The Balaban J connectivity index is 0.000000437. The predicted octanol–water partition coefficient (Wildman–Crippen LogP) is 2.85. The van der Waals surface area contributed by atoms with Gasteiger partial charge >= 0.3 is 0 Å². The quantitative estimate of drug-likeness (QED) is 0.801. The molecule has 0 saturated carbocycles. The van der Waals surface area contributed by atoms with Gasteiger partial charge in [-0.2, -0.15) is 0 Å². The number of ketones is 1. The number of fused-ring (bicyclic) bond motifs is 1. The van der Waals surface area contributed by atoms with E-state index in [0.717, 1.165) is 18.5 Å². The molecule has 0 aliphatic heterocycles. The molecule has 1 aromatic rings.